The van der Waals surface area contributed by atoms with E-state index >= 15 is 0 Å². The molecular formula is C11H10Cl2N2OS. The predicted molar refractivity (Wildman–Crippen MR) is 73.8 cm³/mol. The zero-order valence-corrected chi connectivity index (χ0v) is 11.4. The normalized spacial score (nSPS) is 15.9. The zero-order chi connectivity index (χ0) is 12.6. The molecule has 0 bridgehead atoms. The second kappa shape index (κ2) is 4.80. The summed E-state index contributed by atoms with van der Waals surface area (Å²) in [4.78, 5) is 15.2. The number of thiocarbonyl (C=S) groups is 1. The van der Waals surface area contributed by atoms with Crippen LogP contribution in [0.3, 0.4) is 0 Å². The minimum atomic E-state index is -0.0685. The third-order valence-corrected chi connectivity index (χ3v) is 3.55. The number of likely N-dealkylation sites (N-methyl/N-ethyl adjacent to an activating group) is 1. The lowest BCUT2D eigenvalue weighted by molar-refractivity contribution is -0.116. The van der Waals surface area contributed by atoms with Gasteiger partial charge in [-0.2, -0.15) is 0 Å². The molecule has 17 heavy (non-hydrogen) atoms. The average molecular weight is 289 g/mol. The van der Waals surface area contributed by atoms with E-state index in [9.17, 15) is 4.79 Å². The van der Waals surface area contributed by atoms with Gasteiger partial charge in [-0.3, -0.25) is 9.69 Å². The lowest BCUT2D eigenvalue weighted by Crippen LogP contribution is -2.32. The van der Waals surface area contributed by atoms with E-state index in [1.54, 1.807) is 18.2 Å². The van der Waals surface area contributed by atoms with Gasteiger partial charge >= 0.3 is 0 Å². The Bertz CT molecular complexity index is 492. The minimum absolute atomic E-state index is 0.0685. The van der Waals surface area contributed by atoms with Crippen molar-refractivity contribution in [3.05, 3.63) is 28.2 Å². The summed E-state index contributed by atoms with van der Waals surface area (Å²) in [5.74, 6) is -0.0685. The van der Waals surface area contributed by atoms with Crippen molar-refractivity contribution in [3.8, 4) is 0 Å². The van der Waals surface area contributed by atoms with E-state index in [1.165, 1.54) is 4.90 Å². The Kier molecular flexibility index (Phi) is 3.56. The molecular weight excluding hydrogens is 279 g/mol. The Morgan fingerprint density at radius 2 is 2.12 bits per heavy atom. The van der Waals surface area contributed by atoms with Crippen LogP contribution in [0, 0.1) is 0 Å². The lowest BCUT2D eigenvalue weighted by atomic mass is 10.3. The van der Waals surface area contributed by atoms with Crippen molar-refractivity contribution >= 4 is 52.1 Å². The van der Waals surface area contributed by atoms with Crippen LogP contribution in [-0.4, -0.2) is 29.0 Å². The number of nitrogens with zero attached hydrogens (tertiary/aromatic N) is 2. The van der Waals surface area contributed by atoms with Crippen LogP contribution in [0.4, 0.5) is 5.69 Å². The van der Waals surface area contributed by atoms with Gasteiger partial charge in [-0.15, -0.1) is 0 Å². The number of rotatable bonds is 2. The number of carbonyl (C=O) groups excluding carboxylic acids is 1. The number of halogens is 2. The smallest absolute Gasteiger partial charge is 0.252 e. The second-order valence-corrected chi connectivity index (χ2v) is 4.83. The molecule has 3 nitrogen and oxygen atoms in total. The van der Waals surface area contributed by atoms with E-state index < -0.39 is 0 Å². The third kappa shape index (κ3) is 2.25. The van der Waals surface area contributed by atoms with Gasteiger partial charge in [0.1, 0.15) is 0 Å². The Morgan fingerprint density at radius 3 is 2.65 bits per heavy atom. The van der Waals surface area contributed by atoms with E-state index in [-0.39, 0.29) is 5.91 Å². The first-order chi connectivity index (χ1) is 8.04. The van der Waals surface area contributed by atoms with E-state index in [4.69, 9.17) is 35.4 Å². The number of hydrogen-bond donors (Lipinski definition) is 0. The fraction of sp³-hybridized carbons (Fsp3) is 0.273. The van der Waals surface area contributed by atoms with Crippen LogP contribution in [0.25, 0.3) is 0 Å². The molecule has 1 fully saturated rings. The van der Waals surface area contributed by atoms with Crippen molar-refractivity contribution in [2.75, 3.05) is 18.0 Å². The van der Waals surface area contributed by atoms with Crippen molar-refractivity contribution < 1.29 is 4.79 Å². The van der Waals surface area contributed by atoms with Crippen molar-refractivity contribution in [1.29, 1.82) is 0 Å². The maximum atomic E-state index is 11.9. The molecule has 2 rings (SSSR count). The van der Waals surface area contributed by atoms with E-state index in [0.717, 1.165) is 0 Å². The van der Waals surface area contributed by atoms with Crippen molar-refractivity contribution in [2.45, 2.75) is 6.92 Å². The van der Waals surface area contributed by atoms with Crippen LogP contribution < -0.4 is 4.90 Å². The molecule has 0 radical (unpaired) electrons. The van der Waals surface area contributed by atoms with Crippen molar-refractivity contribution in [1.82, 2.24) is 4.90 Å². The molecule has 0 aromatic heterocycles. The van der Waals surface area contributed by atoms with Gasteiger partial charge in [0.2, 0.25) is 0 Å². The third-order valence-electron chi connectivity index (χ3n) is 2.57. The number of amides is 1. The van der Waals surface area contributed by atoms with Gasteiger partial charge in [-0.25, -0.2) is 0 Å². The van der Waals surface area contributed by atoms with Gasteiger partial charge in [0.15, 0.2) is 5.11 Å². The molecule has 1 heterocycles. The van der Waals surface area contributed by atoms with Gasteiger partial charge in [0, 0.05) is 11.6 Å². The number of hydrogen-bond acceptors (Lipinski definition) is 2. The molecule has 1 amide bonds. The standard InChI is InChI=1S/C11H10Cl2N2OS/c1-2-14-6-10(16)15(11(14)17)9-4-3-7(12)5-8(9)13/h3-5H,2,6H2,1H3. The maximum Gasteiger partial charge on any atom is 0.252 e. The predicted octanol–water partition coefficient (Wildman–Crippen LogP) is 2.95. The zero-order valence-electron chi connectivity index (χ0n) is 9.11. The fourth-order valence-electron chi connectivity index (χ4n) is 1.70. The highest BCUT2D eigenvalue weighted by atomic mass is 35.5. The van der Waals surface area contributed by atoms with Gasteiger partial charge in [0.05, 0.1) is 17.3 Å². The van der Waals surface area contributed by atoms with Gasteiger partial charge in [0.25, 0.3) is 5.91 Å². The molecule has 6 heteroatoms. The first-order valence-electron chi connectivity index (χ1n) is 5.11. The summed E-state index contributed by atoms with van der Waals surface area (Å²) in [6, 6.07) is 4.99. The molecule has 0 unspecified atom stereocenters. The average Bonchev–Trinajstić information content (AvgIpc) is 2.55. The summed E-state index contributed by atoms with van der Waals surface area (Å²) in [5, 5.41) is 1.44. The quantitative estimate of drug-likeness (QED) is 0.782. The molecule has 0 saturated carbocycles. The van der Waals surface area contributed by atoms with Gasteiger partial charge < -0.3 is 4.90 Å². The molecule has 90 valence electrons. The lowest BCUT2D eigenvalue weighted by Gasteiger charge is -2.19. The van der Waals surface area contributed by atoms with Crippen molar-refractivity contribution in [3.63, 3.8) is 0 Å². The summed E-state index contributed by atoms with van der Waals surface area (Å²) in [7, 11) is 0. The summed E-state index contributed by atoms with van der Waals surface area (Å²) >= 11 is 17.1. The van der Waals surface area contributed by atoms with E-state index in [2.05, 4.69) is 0 Å². The monoisotopic (exact) mass is 288 g/mol. The highest BCUT2D eigenvalue weighted by Gasteiger charge is 2.33. The summed E-state index contributed by atoms with van der Waals surface area (Å²) in [6.45, 7) is 2.95. The maximum absolute atomic E-state index is 11.9. The molecule has 0 aliphatic carbocycles. The first-order valence-corrected chi connectivity index (χ1v) is 6.28. The van der Waals surface area contributed by atoms with Gasteiger partial charge in [-0.05, 0) is 37.3 Å². The highest BCUT2D eigenvalue weighted by molar-refractivity contribution is 7.80. The van der Waals surface area contributed by atoms with Gasteiger partial charge in [-0.1, -0.05) is 23.2 Å². The van der Waals surface area contributed by atoms with Crippen LogP contribution in [0.5, 0.6) is 0 Å². The van der Waals surface area contributed by atoms with Crippen LogP contribution in [0.15, 0.2) is 18.2 Å². The molecule has 1 aliphatic rings. The molecule has 1 saturated heterocycles. The number of benzene rings is 1. The summed E-state index contributed by atoms with van der Waals surface area (Å²) in [5.41, 5.74) is 0.585. The van der Waals surface area contributed by atoms with Crippen LogP contribution in [0.2, 0.25) is 10.0 Å². The van der Waals surface area contributed by atoms with Crippen molar-refractivity contribution in [2.24, 2.45) is 0 Å². The second-order valence-electron chi connectivity index (χ2n) is 3.62. The first kappa shape index (κ1) is 12.6. The van der Waals surface area contributed by atoms with E-state index in [0.29, 0.717) is 33.9 Å². The van der Waals surface area contributed by atoms with E-state index in [1.807, 2.05) is 11.8 Å². The van der Waals surface area contributed by atoms with Crippen LogP contribution >= 0.6 is 35.4 Å². The van der Waals surface area contributed by atoms with Crippen LogP contribution in [0.1, 0.15) is 6.92 Å². The molecule has 1 aromatic carbocycles. The van der Waals surface area contributed by atoms with Crippen LogP contribution in [-0.2, 0) is 4.79 Å². The Morgan fingerprint density at radius 1 is 1.41 bits per heavy atom. The molecule has 0 spiro atoms. The number of anilines is 1. The SMILES string of the molecule is CCN1CC(=O)N(c2ccc(Cl)cc2Cl)C1=S. The largest absolute Gasteiger partial charge is 0.339 e. The summed E-state index contributed by atoms with van der Waals surface area (Å²) < 4.78 is 0. The molecule has 0 N–H and O–H groups in total. The highest BCUT2D eigenvalue weighted by Crippen LogP contribution is 2.31. The number of carbonyl (C=O) groups is 1. The minimum Gasteiger partial charge on any atom is -0.339 e. The Hall–Kier alpha value is -0.840. The summed E-state index contributed by atoms with van der Waals surface area (Å²) in [6.07, 6.45) is 0. The Balaban J connectivity index is 2.40. The topological polar surface area (TPSA) is 23.6 Å². The fourth-order valence-corrected chi connectivity index (χ4v) is 2.58. The Labute approximate surface area is 115 Å². The molecule has 1 aliphatic heterocycles. The molecule has 1 aromatic rings. The molecule has 0 atom stereocenters.